The molecule has 0 bridgehead atoms. The second-order valence-corrected chi connectivity index (χ2v) is 3.17. The molecule has 1 aromatic heterocycles. The van der Waals surface area contributed by atoms with Gasteiger partial charge >= 0.3 is 5.69 Å². The van der Waals surface area contributed by atoms with Crippen molar-refractivity contribution in [2.24, 2.45) is 0 Å². The molecule has 0 aromatic carbocycles. The van der Waals surface area contributed by atoms with Crippen LogP contribution in [0.1, 0.15) is 0 Å². The number of methoxy groups -OCH3 is 1. The van der Waals surface area contributed by atoms with Crippen molar-refractivity contribution in [3.63, 3.8) is 0 Å². The molecule has 2 N–H and O–H groups in total. The summed E-state index contributed by atoms with van der Waals surface area (Å²) in [4.78, 5) is 23.8. The van der Waals surface area contributed by atoms with Crippen molar-refractivity contribution in [2.75, 3.05) is 26.8 Å². The summed E-state index contributed by atoms with van der Waals surface area (Å²) in [5.74, 6) is -0.962. The molecule has 0 spiro atoms. The zero-order valence-corrected chi connectivity index (χ0v) is 8.96. The molecule has 16 heavy (non-hydrogen) atoms. The number of rotatable bonds is 6. The van der Waals surface area contributed by atoms with Crippen molar-refractivity contribution in [1.29, 1.82) is 0 Å². The van der Waals surface area contributed by atoms with Gasteiger partial charge in [0.05, 0.1) is 12.8 Å². The lowest BCUT2D eigenvalue weighted by atomic mass is 10.5. The van der Waals surface area contributed by atoms with Crippen molar-refractivity contribution in [2.45, 2.75) is 6.54 Å². The number of halogens is 1. The number of nitrogens with one attached hydrogen (secondary N) is 2. The predicted molar refractivity (Wildman–Crippen MR) is 56.0 cm³/mol. The van der Waals surface area contributed by atoms with Crippen LogP contribution in [0.4, 0.5) is 4.39 Å². The van der Waals surface area contributed by atoms with E-state index in [1.54, 1.807) is 7.11 Å². The highest BCUT2D eigenvalue weighted by Crippen LogP contribution is 1.83. The van der Waals surface area contributed by atoms with E-state index in [0.717, 1.165) is 10.8 Å². The van der Waals surface area contributed by atoms with Gasteiger partial charge in [0, 0.05) is 26.7 Å². The molecule has 90 valence electrons. The Morgan fingerprint density at radius 1 is 1.50 bits per heavy atom. The van der Waals surface area contributed by atoms with E-state index in [0.29, 0.717) is 19.7 Å². The molecule has 0 saturated heterocycles. The average Bonchev–Trinajstić information content (AvgIpc) is 2.25. The first-order valence-electron chi connectivity index (χ1n) is 4.84. The smallest absolute Gasteiger partial charge is 0.328 e. The Balaban J connectivity index is 2.51. The molecule has 0 amide bonds. The zero-order chi connectivity index (χ0) is 12.0. The lowest BCUT2D eigenvalue weighted by Gasteiger charge is -2.06. The summed E-state index contributed by atoms with van der Waals surface area (Å²) in [7, 11) is 1.59. The Morgan fingerprint density at radius 2 is 2.25 bits per heavy atom. The van der Waals surface area contributed by atoms with E-state index < -0.39 is 17.1 Å². The van der Waals surface area contributed by atoms with Crippen LogP contribution in [0.3, 0.4) is 0 Å². The van der Waals surface area contributed by atoms with Gasteiger partial charge in [-0.2, -0.15) is 4.39 Å². The van der Waals surface area contributed by atoms with Crippen molar-refractivity contribution < 1.29 is 9.13 Å². The van der Waals surface area contributed by atoms with Crippen LogP contribution in [0.2, 0.25) is 0 Å². The molecule has 0 saturated carbocycles. The van der Waals surface area contributed by atoms with Crippen LogP contribution in [0.5, 0.6) is 0 Å². The second kappa shape index (κ2) is 6.19. The number of aromatic nitrogens is 2. The van der Waals surface area contributed by atoms with E-state index in [2.05, 4.69) is 5.32 Å². The van der Waals surface area contributed by atoms with Gasteiger partial charge in [-0.05, 0) is 0 Å². The maximum atomic E-state index is 12.8. The number of aromatic amines is 1. The van der Waals surface area contributed by atoms with Gasteiger partial charge in [0.2, 0.25) is 5.82 Å². The third-order valence-electron chi connectivity index (χ3n) is 1.98. The summed E-state index contributed by atoms with van der Waals surface area (Å²) in [5.41, 5.74) is -1.60. The Labute approximate surface area is 91.1 Å². The van der Waals surface area contributed by atoms with E-state index in [4.69, 9.17) is 4.74 Å². The van der Waals surface area contributed by atoms with Crippen molar-refractivity contribution in [1.82, 2.24) is 14.9 Å². The van der Waals surface area contributed by atoms with E-state index in [-0.39, 0.29) is 6.54 Å². The van der Waals surface area contributed by atoms with E-state index in [9.17, 15) is 14.0 Å². The first kappa shape index (κ1) is 12.6. The normalized spacial score (nSPS) is 10.6. The molecular formula is C9H14FN3O3. The number of H-pyrrole nitrogens is 1. The van der Waals surface area contributed by atoms with E-state index in [1.807, 2.05) is 4.98 Å². The van der Waals surface area contributed by atoms with E-state index >= 15 is 0 Å². The summed E-state index contributed by atoms with van der Waals surface area (Å²) in [6, 6.07) is 0. The van der Waals surface area contributed by atoms with Crippen LogP contribution in [0, 0.1) is 5.82 Å². The molecule has 1 aromatic rings. The summed E-state index contributed by atoms with van der Waals surface area (Å²) >= 11 is 0. The fraction of sp³-hybridized carbons (Fsp3) is 0.556. The van der Waals surface area contributed by atoms with Gasteiger partial charge in [0.15, 0.2) is 0 Å². The van der Waals surface area contributed by atoms with Gasteiger partial charge in [-0.25, -0.2) is 4.79 Å². The van der Waals surface area contributed by atoms with Crippen LogP contribution in [-0.2, 0) is 11.3 Å². The Kier molecular flexibility index (Phi) is 4.87. The summed E-state index contributed by atoms with van der Waals surface area (Å²) < 4.78 is 18.8. The van der Waals surface area contributed by atoms with Gasteiger partial charge in [-0.1, -0.05) is 0 Å². The summed E-state index contributed by atoms with van der Waals surface area (Å²) in [6.45, 7) is 2.00. The third kappa shape index (κ3) is 3.59. The Bertz CT molecular complexity index is 440. The maximum Gasteiger partial charge on any atom is 0.328 e. The summed E-state index contributed by atoms with van der Waals surface area (Å²) in [5, 5.41) is 3.00. The topological polar surface area (TPSA) is 76.1 Å². The zero-order valence-electron chi connectivity index (χ0n) is 8.96. The van der Waals surface area contributed by atoms with Crippen molar-refractivity contribution in [3.05, 3.63) is 32.9 Å². The molecule has 7 heteroatoms. The SMILES string of the molecule is COCCNCCn1cc(F)c(=O)[nH]c1=O. The van der Waals surface area contributed by atoms with E-state index in [1.165, 1.54) is 0 Å². The van der Waals surface area contributed by atoms with Gasteiger partial charge < -0.3 is 10.1 Å². The minimum absolute atomic E-state index is 0.288. The quantitative estimate of drug-likeness (QED) is 0.610. The molecule has 0 aliphatic carbocycles. The number of ether oxygens (including phenoxy) is 1. The highest BCUT2D eigenvalue weighted by atomic mass is 19.1. The van der Waals surface area contributed by atoms with Gasteiger partial charge in [0.25, 0.3) is 5.56 Å². The molecule has 1 rings (SSSR count). The van der Waals surface area contributed by atoms with Crippen LogP contribution in [0.15, 0.2) is 15.8 Å². The van der Waals surface area contributed by atoms with Crippen LogP contribution in [0.25, 0.3) is 0 Å². The van der Waals surface area contributed by atoms with Crippen LogP contribution in [-0.4, -0.2) is 36.4 Å². The Hall–Kier alpha value is -1.47. The largest absolute Gasteiger partial charge is 0.383 e. The predicted octanol–water partition coefficient (Wildman–Crippen LogP) is -1.09. The molecule has 0 aliphatic rings. The molecule has 0 fully saturated rings. The second-order valence-electron chi connectivity index (χ2n) is 3.17. The lowest BCUT2D eigenvalue weighted by Crippen LogP contribution is -2.34. The van der Waals surface area contributed by atoms with Crippen molar-refractivity contribution >= 4 is 0 Å². The van der Waals surface area contributed by atoms with Crippen LogP contribution < -0.4 is 16.6 Å². The molecule has 0 atom stereocenters. The molecule has 6 nitrogen and oxygen atoms in total. The monoisotopic (exact) mass is 231 g/mol. The highest BCUT2D eigenvalue weighted by Gasteiger charge is 2.02. The molecule has 0 radical (unpaired) electrons. The van der Waals surface area contributed by atoms with Gasteiger partial charge in [0.1, 0.15) is 0 Å². The first-order chi connectivity index (χ1) is 7.65. The Morgan fingerprint density at radius 3 is 2.94 bits per heavy atom. The fourth-order valence-corrected chi connectivity index (χ4v) is 1.15. The molecule has 0 aliphatic heterocycles. The minimum atomic E-state index is -0.992. The van der Waals surface area contributed by atoms with Crippen LogP contribution >= 0.6 is 0 Å². The average molecular weight is 231 g/mol. The first-order valence-corrected chi connectivity index (χ1v) is 4.84. The highest BCUT2D eigenvalue weighted by molar-refractivity contribution is 4.87. The summed E-state index contributed by atoms with van der Waals surface area (Å²) in [6.07, 6.45) is 0.902. The number of hydrogen-bond donors (Lipinski definition) is 2. The fourth-order valence-electron chi connectivity index (χ4n) is 1.15. The molecule has 1 heterocycles. The third-order valence-corrected chi connectivity index (χ3v) is 1.98. The minimum Gasteiger partial charge on any atom is -0.383 e. The lowest BCUT2D eigenvalue weighted by molar-refractivity contribution is 0.199. The molecular weight excluding hydrogens is 217 g/mol. The van der Waals surface area contributed by atoms with Crippen molar-refractivity contribution in [3.8, 4) is 0 Å². The number of nitrogens with zero attached hydrogens (tertiary/aromatic N) is 1. The standard InChI is InChI=1S/C9H14FN3O3/c1-16-5-3-11-2-4-13-6-7(10)8(14)12-9(13)15/h6,11H,2-5H2,1H3,(H,12,14,15). The maximum absolute atomic E-state index is 12.8. The molecule has 0 unspecified atom stereocenters. The van der Waals surface area contributed by atoms with Gasteiger partial charge in [-0.3, -0.25) is 14.3 Å². The van der Waals surface area contributed by atoms with Gasteiger partial charge in [-0.15, -0.1) is 0 Å². The number of hydrogen-bond acceptors (Lipinski definition) is 4.